The van der Waals surface area contributed by atoms with Crippen LogP contribution in [0, 0.1) is 5.82 Å². The first-order valence-electron chi connectivity index (χ1n) is 7.15. The molecule has 2 N–H and O–H groups in total. The zero-order chi connectivity index (χ0) is 16.7. The molecule has 0 aromatic heterocycles. The molecule has 0 heterocycles. The molecule has 23 heavy (non-hydrogen) atoms. The molecule has 2 aromatic rings. The molecule has 120 valence electrons. The van der Waals surface area contributed by atoms with Crippen molar-refractivity contribution < 1.29 is 18.7 Å². The molecule has 6 heteroatoms. The Morgan fingerprint density at radius 3 is 2.65 bits per heavy atom. The number of amides is 2. The van der Waals surface area contributed by atoms with Gasteiger partial charge in [0.1, 0.15) is 5.82 Å². The third-order valence-corrected chi connectivity index (χ3v) is 3.04. The Bertz CT molecular complexity index is 704. The summed E-state index contributed by atoms with van der Waals surface area (Å²) >= 11 is 0. The highest BCUT2D eigenvalue weighted by Gasteiger charge is 2.09. The minimum atomic E-state index is -0.587. The summed E-state index contributed by atoms with van der Waals surface area (Å²) in [4.78, 5) is 23.5. The fourth-order valence-corrected chi connectivity index (χ4v) is 1.94. The van der Waals surface area contributed by atoms with Gasteiger partial charge >= 0.3 is 6.09 Å². The van der Waals surface area contributed by atoms with E-state index in [9.17, 15) is 14.0 Å². The van der Waals surface area contributed by atoms with Crippen LogP contribution in [0.25, 0.3) is 0 Å². The smallest absolute Gasteiger partial charge is 0.411 e. The Morgan fingerprint density at radius 2 is 1.91 bits per heavy atom. The van der Waals surface area contributed by atoms with Crippen LogP contribution in [0.5, 0.6) is 0 Å². The molecule has 0 aliphatic rings. The molecule has 0 aliphatic heterocycles. The van der Waals surface area contributed by atoms with Crippen molar-refractivity contribution in [2.75, 3.05) is 11.9 Å². The highest BCUT2D eigenvalue weighted by molar-refractivity contribution is 5.96. The number of benzene rings is 2. The molecule has 0 spiro atoms. The van der Waals surface area contributed by atoms with Gasteiger partial charge in [-0.25, -0.2) is 9.18 Å². The lowest BCUT2D eigenvalue weighted by Crippen LogP contribution is -2.23. The predicted molar refractivity (Wildman–Crippen MR) is 84.7 cm³/mol. The van der Waals surface area contributed by atoms with E-state index >= 15 is 0 Å². The molecule has 0 saturated heterocycles. The Hall–Kier alpha value is -2.89. The summed E-state index contributed by atoms with van der Waals surface area (Å²) in [7, 11) is 0. The Kier molecular flexibility index (Phi) is 5.68. The molecule has 0 aliphatic carbocycles. The highest BCUT2D eigenvalue weighted by atomic mass is 19.1. The second-order valence-corrected chi connectivity index (χ2v) is 4.70. The number of nitrogens with one attached hydrogen (secondary N) is 2. The predicted octanol–water partition coefficient (Wildman–Crippen LogP) is 3.32. The number of ether oxygens (including phenoxy) is 1. The van der Waals surface area contributed by atoms with Crippen molar-refractivity contribution in [2.24, 2.45) is 0 Å². The van der Waals surface area contributed by atoms with Gasteiger partial charge in [0.15, 0.2) is 0 Å². The van der Waals surface area contributed by atoms with Crippen LogP contribution < -0.4 is 10.6 Å². The first-order valence-corrected chi connectivity index (χ1v) is 7.15. The van der Waals surface area contributed by atoms with E-state index < -0.39 is 6.09 Å². The average Bonchev–Trinajstić information content (AvgIpc) is 2.54. The van der Waals surface area contributed by atoms with Gasteiger partial charge in [0.25, 0.3) is 5.91 Å². The van der Waals surface area contributed by atoms with Gasteiger partial charge < -0.3 is 10.1 Å². The minimum Gasteiger partial charge on any atom is -0.450 e. The zero-order valence-electron chi connectivity index (χ0n) is 12.6. The van der Waals surface area contributed by atoms with Crippen molar-refractivity contribution in [3.8, 4) is 0 Å². The second-order valence-electron chi connectivity index (χ2n) is 4.70. The molecule has 5 nitrogen and oxygen atoms in total. The first-order chi connectivity index (χ1) is 11.1. The van der Waals surface area contributed by atoms with Crippen molar-refractivity contribution in [2.45, 2.75) is 13.5 Å². The van der Waals surface area contributed by atoms with Crippen LogP contribution in [0.15, 0.2) is 48.5 Å². The molecular formula is C17H17FN2O3. The molecule has 2 amide bonds. The Labute approximate surface area is 133 Å². The van der Waals surface area contributed by atoms with E-state index in [2.05, 4.69) is 10.6 Å². The van der Waals surface area contributed by atoms with Crippen molar-refractivity contribution in [1.29, 1.82) is 0 Å². The summed E-state index contributed by atoms with van der Waals surface area (Å²) in [5, 5.41) is 5.16. The summed E-state index contributed by atoms with van der Waals surface area (Å²) in [5.74, 6) is -0.730. The Morgan fingerprint density at radius 1 is 1.13 bits per heavy atom. The maximum Gasteiger partial charge on any atom is 0.411 e. The maximum atomic E-state index is 13.5. The van der Waals surface area contributed by atoms with E-state index in [0.717, 1.165) is 0 Å². The summed E-state index contributed by atoms with van der Waals surface area (Å²) in [6.07, 6.45) is -0.587. The van der Waals surface area contributed by atoms with E-state index in [0.29, 0.717) is 16.8 Å². The van der Waals surface area contributed by atoms with E-state index in [1.807, 2.05) is 0 Å². The minimum absolute atomic E-state index is 0.0844. The van der Waals surface area contributed by atoms with Gasteiger partial charge in [-0.3, -0.25) is 10.1 Å². The molecule has 2 aromatic carbocycles. The fourth-order valence-electron chi connectivity index (χ4n) is 1.94. The van der Waals surface area contributed by atoms with Gasteiger partial charge in [-0.1, -0.05) is 24.3 Å². The van der Waals surface area contributed by atoms with E-state index in [1.54, 1.807) is 43.3 Å². The molecule has 0 bridgehead atoms. The number of hydrogen-bond acceptors (Lipinski definition) is 3. The van der Waals surface area contributed by atoms with Crippen molar-refractivity contribution in [3.63, 3.8) is 0 Å². The third kappa shape index (κ3) is 4.81. The molecule has 0 radical (unpaired) electrons. The lowest BCUT2D eigenvalue weighted by atomic mass is 10.1. The van der Waals surface area contributed by atoms with Gasteiger partial charge in [0, 0.05) is 23.4 Å². The zero-order valence-corrected chi connectivity index (χ0v) is 12.6. The monoisotopic (exact) mass is 316 g/mol. The number of halogens is 1. The summed E-state index contributed by atoms with van der Waals surface area (Å²) < 4.78 is 18.3. The Balaban J connectivity index is 1.99. The first kappa shape index (κ1) is 16.5. The van der Waals surface area contributed by atoms with Gasteiger partial charge in [-0.2, -0.15) is 0 Å². The van der Waals surface area contributed by atoms with Gasteiger partial charge in [-0.05, 0) is 31.2 Å². The molecule has 0 atom stereocenters. The summed E-state index contributed by atoms with van der Waals surface area (Å²) in [6.45, 7) is 2.04. The normalized spacial score (nSPS) is 10.0. The lowest BCUT2D eigenvalue weighted by Gasteiger charge is -2.09. The largest absolute Gasteiger partial charge is 0.450 e. The van der Waals surface area contributed by atoms with Gasteiger partial charge in [-0.15, -0.1) is 0 Å². The fraction of sp³-hybridized carbons (Fsp3) is 0.176. The number of anilines is 1. The van der Waals surface area contributed by atoms with Crippen LogP contribution in [-0.2, 0) is 11.3 Å². The van der Waals surface area contributed by atoms with Crippen LogP contribution in [0.3, 0.4) is 0 Å². The quantitative estimate of drug-likeness (QED) is 0.889. The van der Waals surface area contributed by atoms with Crippen LogP contribution in [-0.4, -0.2) is 18.6 Å². The van der Waals surface area contributed by atoms with Crippen LogP contribution >= 0.6 is 0 Å². The van der Waals surface area contributed by atoms with Gasteiger partial charge in [0.2, 0.25) is 0 Å². The van der Waals surface area contributed by atoms with Crippen molar-refractivity contribution in [3.05, 3.63) is 65.5 Å². The highest BCUT2D eigenvalue weighted by Crippen LogP contribution is 2.12. The van der Waals surface area contributed by atoms with Crippen LogP contribution in [0.2, 0.25) is 0 Å². The molecule has 0 saturated carbocycles. The number of hydrogen-bond donors (Lipinski definition) is 2. The third-order valence-electron chi connectivity index (χ3n) is 3.04. The van der Waals surface area contributed by atoms with Crippen molar-refractivity contribution in [1.82, 2.24) is 5.32 Å². The van der Waals surface area contributed by atoms with Gasteiger partial charge in [0.05, 0.1) is 6.61 Å². The number of rotatable bonds is 5. The SMILES string of the molecule is CCOC(=O)Nc1cccc(C(=O)NCc2ccccc2F)c1. The topological polar surface area (TPSA) is 67.4 Å². The average molecular weight is 316 g/mol. The van der Waals surface area contributed by atoms with Crippen LogP contribution in [0.1, 0.15) is 22.8 Å². The molecule has 0 fully saturated rings. The van der Waals surface area contributed by atoms with Crippen molar-refractivity contribution >= 4 is 17.7 Å². The number of carbonyl (C=O) groups excluding carboxylic acids is 2. The molecular weight excluding hydrogens is 299 g/mol. The maximum absolute atomic E-state index is 13.5. The standard InChI is InChI=1S/C17H17FN2O3/c1-2-23-17(22)20-14-8-5-7-12(10-14)16(21)19-11-13-6-3-4-9-15(13)18/h3-10H,2,11H2,1H3,(H,19,21)(H,20,22). The lowest BCUT2D eigenvalue weighted by molar-refractivity contribution is 0.0950. The summed E-state index contributed by atoms with van der Waals surface area (Å²) in [5.41, 5.74) is 1.21. The summed E-state index contributed by atoms with van der Waals surface area (Å²) in [6, 6.07) is 12.6. The van der Waals surface area contributed by atoms with E-state index in [4.69, 9.17) is 4.74 Å². The van der Waals surface area contributed by atoms with E-state index in [-0.39, 0.29) is 24.9 Å². The number of carbonyl (C=O) groups is 2. The molecule has 2 rings (SSSR count). The molecule has 0 unspecified atom stereocenters. The van der Waals surface area contributed by atoms with Crippen LogP contribution in [0.4, 0.5) is 14.9 Å². The van der Waals surface area contributed by atoms with E-state index in [1.165, 1.54) is 12.1 Å². The second kappa shape index (κ2) is 7.93.